The fourth-order valence-electron chi connectivity index (χ4n) is 1.94. The fraction of sp³-hybridized carbons (Fsp3) is 0.714. The summed E-state index contributed by atoms with van der Waals surface area (Å²) >= 11 is 0. The van der Waals surface area contributed by atoms with Gasteiger partial charge in [0.25, 0.3) is 10.2 Å². The van der Waals surface area contributed by atoms with Crippen molar-refractivity contribution in [2.75, 3.05) is 27.2 Å². The summed E-state index contributed by atoms with van der Waals surface area (Å²) in [5.74, 6) is 0.751. The molecule has 0 bridgehead atoms. The third kappa shape index (κ3) is 5.43. The molecule has 0 aliphatic heterocycles. The summed E-state index contributed by atoms with van der Waals surface area (Å²) in [6, 6.07) is 2.21. The third-order valence-electron chi connectivity index (χ3n) is 3.35. The summed E-state index contributed by atoms with van der Waals surface area (Å²) in [6.07, 6.45) is 2.36. The molecule has 6 nitrogen and oxygen atoms in total. The molecule has 21 heavy (non-hydrogen) atoms. The lowest BCUT2D eigenvalue weighted by atomic mass is 10.3. The predicted octanol–water partition coefficient (Wildman–Crippen LogP) is 1.58. The van der Waals surface area contributed by atoms with Gasteiger partial charge in [0, 0.05) is 38.8 Å². The first-order valence-corrected chi connectivity index (χ1v) is 8.58. The van der Waals surface area contributed by atoms with E-state index in [1.165, 1.54) is 8.61 Å². The summed E-state index contributed by atoms with van der Waals surface area (Å²) in [7, 11) is -0.233. The van der Waals surface area contributed by atoms with Gasteiger partial charge in [-0.2, -0.15) is 17.0 Å². The summed E-state index contributed by atoms with van der Waals surface area (Å²) in [5.41, 5.74) is 0.885. The molecule has 0 atom stereocenters. The molecular formula is C14H27N3O3S. The lowest BCUT2D eigenvalue weighted by molar-refractivity contribution is 0.381. The first-order valence-electron chi connectivity index (χ1n) is 7.19. The smallest absolute Gasteiger partial charge is 0.281 e. The quantitative estimate of drug-likeness (QED) is 0.702. The molecule has 0 aromatic carbocycles. The van der Waals surface area contributed by atoms with Crippen molar-refractivity contribution in [1.29, 1.82) is 0 Å². The Hall–Kier alpha value is -0.890. The van der Waals surface area contributed by atoms with Crippen molar-refractivity contribution in [1.82, 2.24) is 13.9 Å². The Bertz CT molecular complexity index is 525. The minimum atomic E-state index is -3.44. The van der Waals surface area contributed by atoms with Crippen molar-refractivity contribution in [2.24, 2.45) is 0 Å². The van der Waals surface area contributed by atoms with E-state index in [0.29, 0.717) is 19.1 Å². The number of hydrogen-bond donors (Lipinski definition) is 1. The van der Waals surface area contributed by atoms with Crippen LogP contribution in [0.1, 0.15) is 31.6 Å². The molecule has 0 amide bonds. The second kappa shape index (κ2) is 7.93. The van der Waals surface area contributed by atoms with E-state index in [1.807, 2.05) is 6.92 Å². The number of furan rings is 1. The number of nitrogens with zero attached hydrogens (tertiary/aromatic N) is 2. The molecule has 1 heterocycles. The van der Waals surface area contributed by atoms with Crippen molar-refractivity contribution in [3.05, 3.63) is 23.7 Å². The largest absolute Gasteiger partial charge is 0.469 e. The number of aryl methyl sites for hydroxylation is 1. The summed E-state index contributed by atoms with van der Waals surface area (Å²) in [4.78, 5) is 0. The zero-order valence-electron chi connectivity index (χ0n) is 13.6. The van der Waals surface area contributed by atoms with E-state index in [1.54, 1.807) is 26.4 Å². The van der Waals surface area contributed by atoms with Gasteiger partial charge in [0.15, 0.2) is 0 Å². The Balaban J connectivity index is 2.52. The van der Waals surface area contributed by atoms with Crippen LogP contribution in [0, 0.1) is 6.92 Å². The first-order chi connectivity index (χ1) is 9.75. The van der Waals surface area contributed by atoms with E-state index in [-0.39, 0.29) is 0 Å². The van der Waals surface area contributed by atoms with E-state index in [9.17, 15) is 8.42 Å². The zero-order chi connectivity index (χ0) is 16.0. The third-order valence-corrected chi connectivity index (χ3v) is 5.24. The van der Waals surface area contributed by atoms with Crippen LogP contribution in [0.3, 0.4) is 0 Å². The Morgan fingerprint density at radius 2 is 1.95 bits per heavy atom. The molecule has 0 aliphatic carbocycles. The molecule has 0 radical (unpaired) electrons. The van der Waals surface area contributed by atoms with Gasteiger partial charge in [0.1, 0.15) is 5.76 Å². The predicted molar refractivity (Wildman–Crippen MR) is 84.2 cm³/mol. The highest BCUT2D eigenvalue weighted by Crippen LogP contribution is 2.14. The van der Waals surface area contributed by atoms with Gasteiger partial charge in [0.05, 0.1) is 6.26 Å². The first kappa shape index (κ1) is 18.2. The highest BCUT2D eigenvalue weighted by molar-refractivity contribution is 7.86. The van der Waals surface area contributed by atoms with Gasteiger partial charge in [0.2, 0.25) is 0 Å². The van der Waals surface area contributed by atoms with Gasteiger partial charge in [-0.15, -0.1) is 0 Å². The minimum absolute atomic E-state index is 0.319. The molecule has 0 unspecified atom stereocenters. The van der Waals surface area contributed by atoms with Crippen LogP contribution < -0.4 is 5.32 Å². The van der Waals surface area contributed by atoms with Crippen LogP contribution in [0.5, 0.6) is 0 Å². The lowest BCUT2D eigenvalue weighted by Gasteiger charge is -2.24. The van der Waals surface area contributed by atoms with Crippen LogP contribution in [0.2, 0.25) is 0 Å². The van der Waals surface area contributed by atoms with Crippen LogP contribution in [0.15, 0.2) is 16.7 Å². The molecular weight excluding hydrogens is 290 g/mol. The maximum absolute atomic E-state index is 12.4. The Morgan fingerprint density at radius 1 is 1.29 bits per heavy atom. The standard InChI is InChI=1S/C14H27N3O3S/c1-12(2)15-8-6-9-16(4)21(18,19)17(5)11-14-7-10-20-13(14)3/h7,10,12,15H,6,8-9,11H2,1-5H3. The van der Waals surface area contributed by atoms with Crippen LogP contribution in [0.25, 0.3) is 0 Å². The van der Waals surface area contributed by atoms with Crippen LogP contribution in [-0.4, -0.2) is 50.3 Å². The SMILES string of the molecule is Cc1occc1CN(C)S(=O)(=O)N(C)CCCNC(C)C. The Kier molecular flexibility index (Phi) is 6.86. The average molecular weight is 317 g/mol. The molecule has 0 fully saturated rings. The molecule has 1 aromatic heterocycles. The maximum Gasteiger partial charge on any atom is 0.281 e. The van der Waals surface area contributed by atoms with Gasteiger partial charge in [-0.25, -0.2) is 0 Å². The summed E-state index contributed by atoms with van der Waals surface area (Å²) < 4.78 is 32.7. The molecule has 122 valence electrons. The minimum Gasteiger partial charge on any atom is -0.469 e. The fourth-order valence-corrected chi connectivity index (χ4v) is 3.08. The number of hydrogen-bond acceptors (Lipinski definition) is 4. The molecule has 1 aromatic rings. The van der Waals surface area contributed by atoms with Crippen molar-refractivity contribution in [2.45, 2.75) is 39.8 Å². The molecule has 0 aliphatic rings. The van der Waals surface area contributed by atoms with Crippen LogP contribution in [-0.2, 0) is 16.8 Å². The maximum atomic E-state index is 12.4. The van der Waals surface area contributed by atoms with E-state index in [2.05, 4.69) is 19.2 Å². The highest BCUT2D eigenvalue weighted by atomic mass is 32.2. The van der Waals surface area contributed by atoms with Gasteiger partial charge in [-0.3, -0.25) is 0 Å². The van der Waals surface area contributed by atoms with Gasteiger partial charge in [-0.05, 0) is 26.0 Å². The Labute approximate surface area is 128 Å². The number of rotatable bonds is 9. The van der Waals surface area contributed by atoms with Gasteiger partial charge in [-0.1, -0.05) is 13.8 Å². The lowest BCUT2D eigenvalue weighted by Crippen LogP contribution is -2.40. The molecule has 7 heteroatoms. The second-order valence-corrected chi connectivity index (χ2v) is 7.69. The normalized spacial score (nSPS) is 12.8. The van der Waals surface area contributed by atoms with E-state index in [4.69, 9.17) is 4.42 Å². The van der Waals surface area contributed by atoms with Gasteiger partial charge < -0.3 is 9.73 Å². The molecule has 0 saturated heterocycles. The second-order valence-electron chi connectivity index (χ2n) is 5.55. The number of nitrogens with one attached hydrogen (secondary N) is 1. The molecule has 0 spiro atoms. The van der Waals surface area contributed by atoms with Gasteiger partial charge >= 0.3 is 0 Å². The van der Waals surface area contributed by atoms with Crippen molar-refractivity contribution < 1.29 is 12.8 Å². The average Bonchev–Trinajstić information content (AvgIpc) is 2.79. The summed E-state index contributed by atoms with van der Waals surface area (Å²) in [6.45, 7) is 7.60. The van der Waals surface area contributed by atoms with Crippen molar-refractivity contribution >= 4 is 10.2 Å². The van der Waals surface area contributed by atoms with Crippen molar-refractivity contribution in [3.63, 3.8) is 0 Å². The molecule has 1 rings (SSSR count). The van der Waals surface area contributed by atoms with E-state index < -0.39 is 10.2 Å². The Morgan fingerprint density at radius 3 is 2.48 bits per heavy atom. The van der Waals surface area contributed by atoms with E-state index in [0.717, 1.165) is 24.3 Å². The topological polar surface area (TPSA) is 65.8 Å². The monoisotopic (exact) mass is 317 g/mol. The van der Waals surface area contributed by atoms with Crippen molar-refractivity contribution in [3.8, 4) is 0 Å². The van der Waals surface area contributed by atoms with Crippen LogP contribution in [0.4, 0.5) is 0 Å². The zero-order valence-corrected chi connectivity index (χ0v) is 14.4. The van der Waals surface area contributed by atoms with Crippen LogP contribution >= 0.6 is 0 Å². The summed E-state index contributed by atoms with van der Waals surface area (Å²) in [5, 5.41) is 3.28. The molecule has 1 N–H and O–H groups in total. The highest BCUT2D eigenvalue weighted by Gasteiger charge is 2.24. The van der Waals surface area contributed by atoms with E-state index >= 15 is 0 Å². The molecule has 0 saturated carbocycles.